The van der Waals surface area contributed by atoms with Crippen LogP contribution in [0.25, 0.3) is 0 Å². The number of ether oxygens (including phenoxy) is 3. The molecule has 0 bridgehead atoms. The second-order valence-electron chi connectivity index (χ2n) is 8.06. The van der Waals surface area contributed by atoms with Crippen molar-refractivity contribution < 1.29 is 42.5 Å². The highest BCUT2D eigenvalue weighted by molar-refractivity contribution is 5.81. The van der Waals surface area contributed by atoms with Gasteiger partial charge in [0, 0.05) is 18.4 Å². The molecule has 0 saturated carbocycles. The van der Waals surface area contributed by atoms with E-state index in [0.717, 1.165) is 11.0 Å². The number of amides is 1. The van der Waals surface area contributed by atoms with Crippen molar-refractivity contribution in [3.63, 3.8) is 0 Å². The Labute approximate surface area is 179 Å². The van der Waals surface area contributed by atoms with Crippen LogP contribution in [0.4, 0.5) is 13.6 Å². The van der Waals surface area contributed by atoms with Crippen molar-refractivity contribution >= 4 is 18.0 Å². The molecule has 3 atom stereocenters. The summed E-state index contributed by atoms with van der Waals surface area (Å²) in [5.74, 6) is -5.52. The van der Waals surface area contributed by atoms with Crippen LogP contribution in [0.3, 0.4) is 0 Å². The number of nitrogens with zero attached hydrogens (tertiary/aromatic N) is 1. The van der Waals surface area contributed by atoms with Crippen LogP contribution in [0.5, 0.6) is 5.75 Å². The lowest BCUT2D eigenvalue weighted by Gasteiger charge is -2.27. The predicted octanol–water partition coefficient (Wildman–Crippen LogP) is 3.44. The highest BCUT2D eigenvalue weighted by atomic mass is 19.2. The summed E-state index contributed by atoms with van der Waals surface area (Å²) in [6.07, 6.45) is -2.07. The first kappa shape index (κ1) is 24.4. The third-order valence-corrected chi connectivity index (χ3v) is 4.76. The van der Waals surface area contributed by atoms with Gasteiger partial charge in [0.05, 0.1) is 12.5 Å². The molecule has 1 amide bonds. The number of hydrogen-bond acceptors (Lipinski definition) is 6. The summed E-state index contributed by atoms with van der Waals surface area (Å²) in [6.45, 7) is 6.49. The minimum absolute atomic E-state index is 0.0321. The number of likely N-dealkylation sites (tertiary alicyclic amines) is 1. The fourth-order valence-corrected chi connectivity index (χ4v) is 3.00. The number of benzene rings is 1. The van der Waals surface area contributed by atoms with Gasteiger partial charge in [0.1, 0.15) is 6.04 Å². The highest BCUT2D eigenvalue weighted by Crippen LogP contribution is 2.27. The second kappa shape index (κ2) is 10.4. The van der Waals surface area contributed by atoms with E-state index >= 15 is 0 Å². The van der Waals surface area contributed by atoms with E-state index in [4.69, 9.17) is 14.2 Å². The first-order valence-electron chi connectivity index (χ1n) is 9.98. The molecule has 10 heteroatoms. The molecule has 172 valence electrons. The molecule has 8 nitrogen and oxygen atoms in total. The monoisotopic (exact) mass is 443 g/mol. The van der Waals surface area contributed by atoms with Crippen LogP contribution in [0, 0.1) is 29.4 Å². The first-order valence-corrected chi connectivity index (χ1v) is 9.98. The molecule has 1 heterocycles. The molecule has 1 aromatic rings. The molecule has 0 radical (unpaired) electrons. The Morgan fingerprint density at radius 1 is 1.16 bits per heavy atom. The maximum atomic E-state index is 13.7. The fraction of sp³-hybridized carbons (Fsp3) is 0.571. The molecule has 1 N–H and O–H groups in total. The van der Waals surface area contributed by atoms with E-state index in [2.05, 4.69) is 0 Å². The molecule has 1 aromatic carbocycles. The summed E-state index contributed by atoms with van der Waals surface area (Å²) in [7, 11) is 0. The van der Waals surface area contributed by atoms with E-state index in [1.54, 1.807) is 27.7 Å². The standard InChI is InChI=1S/C21H27F2NO7/c1-11(2)19(27)30-20(12(3)4)31-21(28)24-9-13(8-15(24)18(25)26)10-29-16-7-5-6-14(22)17(16)23/h5-7,11-13,15,20H,8-10H2,1-4H3,(H,25,26)/t13-,15-,20-/m0/s1. The van der Waals surface area contributed by atoms with E-state index in [0.29, 0.717) is 0 Å². The average molecular weight is 443 g/mol. The Morgan fingerprint density at radius 3 is 2.42 bits per heavy atom. The van der Waals surface area contributed by atoms with Gasteiger partial charge in [-0.1, -0.05) is 33.8 Å². The minimum Gasteiger partial charge on any atom is -0.490 e. The SMILES string of the molecule is CC(C)C(=O)O[C@@H](OC(=O)N1C[C@@H](COc2cccc(F)c2F)C[C@H]1C(=O)O)C(C)C. The smallest absolute Gasteiger partial charge is 0.413 e. The molecule has 0 unspecified atom stereocenters. The molecular formula is C21H27F2NO7. The van der Waals surface area contributed by atoms with Crippen molar-refractivity contribution in [3.05, 3.63) is 29.8 Å². The number of carbonyl (C=O) groups is 3. The van der Waals surface area contributed by atoms with Crippen LogP contribution in [-0.2, 0) is 19.1 Å². The first-order chi connectivity index (χ1) is 14.5. The minimum atomic E-state index is -1.24. The Hall–Kier alpha value is -2.91. The number of carbonyl (C=O) groups excluding carboxylic acids is 2. The number of aliphatic carboxylic acids is 1. The van der Waals surface area contributed by atoms with Crippen LogP contribution in [0.2, 0.25) is 0 Å². The van der Waals surface area contributed by atoms with Crippen LogP contribution in [-0.4, -0.2) is 53.5 Å². The lowest BCUT2D eigenvalue weighted by molar-refractivity contribution is -0.181. The van der Waals surface area contributed by atoms with Crippen LogP contribution >= 0.6 is 0 Å². The van der Waals surface area contributed by atoms with Gasteiger partial charge in [-0.3, -0.25) is 9.69 Å². The van der Waals surface area contributed by atoms with Crippen molar-refractivity contribution in [2.75, 3.05) is 13.2 Å². The second-order valence-corrected chi connectivity index (χ2v) is 8.06. The molecule has 1 aliphatic heterocycles. The molecule has 0 aromatic heterocycles. The lowest BCUT2D eigenvalue weighted by atomic mass is 10.1. The van der Waals surface area contributed by atoms with Gasteiger partial charge in [0.25, 0.3) is 6.29 Å². The Bertz CT molecular complexity index is 815. The normalized spacial score (nSPS) is 19.4. The van der Waals surface area contributed by atoms with Crippen LogP contribution in [0.15, 0.2) is 18.2 Å². The number of esters is 1. The number of carboxylic acid groups (broad SMARTS) is 1. The quantitative estimate of drug-likeness (QED) is 0.485. The average Bonchev–Trinajstić information content (AvgIpc) is 3.13. The number of halogens is 2. The van der Waals surface area contributed by atoms with E-state index in [-0.39, 0.29) is 31.2 Å². The van der Waals surface area contributed by atoms with Gasteiger partial charge in [-0.25, -0.2) is 14.0 Å². The van der Waals surface area contributed by atoms with Gasteiger partial charge in [0.2, 0.25) is 5.82 Å². The van der Waals surface area contributed by atoms with E-state index < -0.39 is 53.8 Å². The molecular weight excluding hydrogens is 416 g/mol. The highest BCUT2D eigenvalue weighted by Gasteiger charge is 2.42. The topological polar surface area (TPSA) is 102 Å². The zero-order valence-corrected chi connectivity index (χ0v) is 17.8. The zero-order chi connectivity index (χ0) is 23.3. The Balaban J connectivity index is 2.04. The largest absolute Gasteiger partial charge is 0.490 e. The van der Waals surface area contributed by atoms with Gasteiger partial charge in [0.15, 0.2) is 11.6 Å². The number of hydrogen-bond donors (Lipinski definition) is 1. The summed E-state index contributed by atoms with van der Waals surface area (Å²) >= 11 is 0. The van der Waals surface area contributed by atoms with Gasteiger partial charge < -0.3 is 19.3 Å². The molecule has 1 saturated heterocycles. The molecule has 1 aliphatic rings. The van der Waals surface area contributed by atoms with Gasteiger partial charge in [-0.15, -0.1) is 0 Å². The predicted molar refractivity (Wildman–Crippen MR) is 104 cm³/mol. The summed E-state index contributed by atoms with van der Waals surface area (Å²) in [5, 5.41) is 9.49. The molecule has 0 aliphatic carbocycles. The van der Waals surface area contributed by atoms with Crippen molar-refractivity contribution in [2.45, 2.75) is 46.4 Å². The molecule has 1 fully saturated rings. The third kappa shape index (κ3) is 6.28. The molecule has 0 spiro atoms. The lowest BCUT2D eigenvalue weighted by Crippen LogP contribution is -2.43. The van der Waals surface area contributed by atoms with E-state index in [1.807, 2.05) is 0 Å². The summed E-state index contributed by atoms with van der Waals surface area (Å²) < 4.78 is 42.8. The maximum absolute atomic E-state index is 13.7. The summed E-state index contributed by atoms with van der Waals surface area (Å²) in [6, 6.07) is 2.31. The Morgan fingerprint density at radius 2 is 1.84 bits per heavy atom. The fourth-order valence-electron chi connectivity index (χ4n) is 3.00. The molecule has 2 rings (SSSR count). The van der Waals surface area contributed by atoms with Crippen molar-refractivity contribution in [1.29, 1.82) is 0 Å². The van der Waals surface area contributed by atoms with Crippen molar-refractivity contribution in [3.8, 4) is 5.75 Å². The van der Waals surface area contributed by atoms with E-state index in [1.165, 1.54) is 12.1 Å². The summed E-state index contributed by atoms with van der Waals surface area (Å²) in [5.41, 5.74) is 0. The molecule has 31 heavy (non-hydrogen) atoms. The summed E-state index contributed by atoms with van der Waals surface area (Å²) in [4.78, 5) is 37.2. The van der Waals surface area contributed by atoms with Crippen molar-refractivity contribution in [1.82, 2.24) is 4.90 Å². The van der Waals surface area contributed by atoms with Gasteiger partial charge in [-0.2, -0.15) is 4.39 Å². The number of carboxylic acids is 1. The number of rotatable bonds is 8. The van der Waals surface area contributed by atoms with Gasteiger partial charge in [-0.05, 0) is 18.6 Å². The Kier molecular flexibility index (Phi) is 8.18. The van der Waals surface area contributed by atoms with E-state index in [9.17, 15) is 28.3 Å². The van der Waals surface area contributed by atoms with Crippen molar-refractivity contribution in [2.24, 2.45) is 17.8 Å². The third-order valence-electron chi connectivity index (χ3n) is 4.76. The van der Waals surface area contributed by atoms with Crippen LogP contribution in [0.1, 0.15) is 34.1 Å². The maximum Gasteiger partial charge on any atom is 0.413 e. The zero-order valence-electron chi connectivity index (χ0n) is 17.8. The van der Waals surface area contributed by atoms with Crippen LogP contribution < -0.4 is 4.74 Å². The van der Waals surface area contributed by atoms with Gasteiger partial charge >= 0.3 is 18.0 Å².